The zero-order valence-corrected chi connectivity index (χ0v) is 14.0. The van der Waals surface area contributed by atoms with Crippen LogP contribution < -0.4 is 5.32 Å². The molecule has 1 aliphatic heterocycles. The molecule has 2 amide bonds. The van der Waals surface area contributed by atoms with Crippen molar-refractivity contribution in [3.05, 3.63) is 34.9 Å². The molecule has 1 heterocycles. The number of piperidine rings is 1. The maximum atomic E-state index is 12.5. The number of halogens is 1. The minimum absolute atomic E-state index is 0.00463. The molecular weight excluding hydrogens is 314 g/mol. The molecule has 0 bridgehead atoms. The van der Waals surface area contributed by atoms with Crippen LogP contribution in [0.2, 0.25) is 5.02 Å². The van der Waals surface area contributed by atoms with E-state index in [-0.39, 0.29) is 23.8 Å². The van der Waals surface area contributed by atoms with Gasteiger partial charge in [-0.3, -0.25) is 9.59 Å². The number of nitrogens with one attached hydrogen (secondary N) is 2. The lowest BCUT2D eigenvalue weighted by Crippen LogP contribution is -2.43. The van der Waals surface area contributed by atoms with Gasteiger partial charge in [-0.05, 0) is 36.8 Å². The van der Waals surface area contributed by atoms with E-state index in [9.17, 15) is 9.59 Å². The average molecular weight is 336 g/mol. The van der Waals surface area contributed by atoms with Crippen LogP contribution in [0.15, 0.2) is 24.3 Å². The van der Waals surface area contributed by atoms with Gasteiger partial charge in [0, 0.05) is 37.4 Å². The Morgan fingerprint density at radius 2 is 1.96 bits per heavy atom. The Morgan fingerprint density at radius 3 is 2.48 bits per heavy atom. The predicted octanol–water partition coefficient (Wildman–Crippen LogP) is 2.80. The Bertz CT molecular complexity index is 566. The normalized spacial score (nSPS) is 16.7. The van der Waals surface area contributed by atoms with Gasteiger partial charge in [0.1, 0.15) is 0 Å². The Morgan fingerprint density at radius 1 is 1.35 bits per heavy atom. The van der Waals surface area contributed by atoms with Gasteiger partial charge in [-0.25, -0.2) is 0 Å². The number of hydrogen-bond donors (Lipinski definition) is 2. The zero-order valence-electron chi connectivity index (χ0n) is 13.2. The van der Waals surface area contributed by atoms with Crippen molar-refractivity contribution >= 4 is 29.6 Å². The van der Waals surface area contributed by atoms with Crippen molar-refractivity contribution in [2.24, 2.45) is 5.92 Å². The van der Waals surface area contributed by atoms with Gasteiger partial charge in [0.15, 0.2) is 0 Å². The molecule has 0 spiro atoms. The summed E-state index contributed by atoms with van der Waals surface area (Å²) in [5, 5.41) is 11.0. The fourth-order valence-corrected chi connectivity index (χ4v) is 2.96. The topological polar surface area (TPSA) is 73.3 Å². The summed E-state index contributed by atoms with van der Waals surface area (Å²) in [6.45, 7) is 2.81. The Labute approximate surface area is 141 Å². The SMILES string of the molecule is CC(=O)N1CCC(C(=O)NC(CC=N)c2ccc(Cl)cc2)CC1. The Hall–Kier alpha value is -1.88. The van der Waals surface area contributed by atoms with Crippen LogP contribution in [-0.2, 0) is 9.59 Å². The average Bonchev–Trinajstić information content (AvgIpc) is 2.55. The lowest BCUT2D eigenvalue weighted by Gasteiger charge is -2.31. The number of benzene rings is 1. The molecule has 0 aliphatic carbocycles. The van der Waals surface area contributed by atoms with Crippen molar-refractivity contribution < 1.29 is 9.59 Å². The summed E-state index contributed by atoms with van der Waals surface area (Å²) in [5.74, 6) is -0.0205. The summed E-state index contributed by atoms with van der Waals surface area (Å²) >= 11 is 5.90. The smallest absolute Gasteiger partial charge is 0.223 e. The van der Waals surface area contributed by atoms with E-state index in [0.717, 1.165) is 5.56 Å². The first-order chi connectivity index (χ1) is 11.0. The zero-order chi connectivity index (χ0) is 16.8. The van der Waals surface area contributed by atoms with Crippen LogP contribution >= 0.6 is 11.6 Å². The van der Waals surface area contributed by atoms with Gasteiger partial charge in [0.05, 0.1) is 6.04 Å². The number of nitrogens with zero attached hydrogens (tertiary/aromatic N) is 1. The third-order valence-corrected chi connectivity index (χ3v) is 4.51. The molecule has 1 fully saturated rings. The number of rotatable bonds is 5. The summed E-state index contributed by atoms with van der Waals surface area (Å²) in [6, 6.07) is 7.09. The van der Waals surface area contributed by atoms with Crippen LogP contribution in [0, 0.1) is 11.3 Å². The van der Waals surface area contributed by atoms with Gasteiger partial charge in [-0.2, -0.15) is 0 Å². The monoisotopic (exact) mass is 335 g/mol. The van der Waals surface area contributed by atoms with Crippen LogP contribution in [0.1, 0.15) is 37.8 Å². The molecule has 6 heteroatoms. The van der Waals surface area contributed by atoms with Gasteiger partial charge in [0.2, 0.25) is 11.8 Å². The van der Waals surface area contributed by atoms with E-state index >= 15 is 0 Å². The second kappa shape index (κ2) is 8.11. The summed E-state index contributed by atoms with van der Waals surface area (Å²) in [7, 11) is 0. The molecule has 0 radical (unpaired) electrons. The lowest BCUT2D eigenvalue weighted by atomic mass is 9.94. The van der Waals surface area contributed by atoms with Gasteiger partial charge in [-0.1, -0.05) is 23.7 Å². The molecule has 1 saturated heterocycles. The quantitative estimate of drug-likeness (QED) is 0.812. The summed E-state index contributed by atoms with van der Waals surface area (Å²) < 4.78 is 0. The van der Waals surface area contributed by atoms with E-state index in [2.05, 4.69) is 5.32 Å². The first kappa shape index (κ1) is 17.5. The van der Waals surface area contributed by atoms with Gasteiger partial charge < -0.3 is 15.6 Å². The molecule has 2 N–H and O–H groups in total. The van der Waals surface area contributed by atoms with Crippen LogP contribution in [0.5, 0.6) is 0 Å². The van der Waals surface area contributed by atoms with Crippen LogP contribution in [0.25, 0.3) is 0 Å². The highest BCUT2D eigenvalue weighted by Crippen LogP contribution is 2.22. The minimum atomic E-state index is -0.219. The number of carbonyl (C=O) groups is 2. The fourth-order valence-electron chi connectivity index (χ4n) is 2.84. The van der Waals surface area contributed by atoms with Crippen LogP contribution in [0.3, 0.4) is 0 Å². The predicted molar refractivity (Wildman–Crippen MR) is 90.7 cm³/mol. The largest absolute Gasteiger partial charge is 0.349 e. The molecule has 1 atom stereocenters. The third kappa shape index (κ3) is 4.79. The second-order valence-electron chi connectivity index (χ2n) is 5.83. The maximum absolute atomic E-state index is 12.5. The van der Waals surface area contributed by atoms with Crippen LogP contribution in [0.4, 0.5) is 0 Å². The molecule has 1 unspecified atom stereocenters. The number of carbonyl (C=O) groups excluding carboxylic acids is 2. The summed E-state index contributed by atoms with van der Waals surface area (Å²) in [6.07, 6.45) is 3.12. The molecule has 0 aromatic heterocycles. The number of amides is 2. The molecule has 2 rings (SSSR count). The molecule has 5 nitrogen and oxygen atoms in total. The van der Waals surface area contributed by atoms with E-state index < -0.39 is 0 Å². The molecular formula is C17H22ClN3O2. The lowest BCUT2D eigenvalue weighted by molar-refractivity contribution is -0.134. The highest BCUT2D eigenvalue weighted by atomic mass is 35.5. The number of likely N-dealkylation sites (tertiary alicyclic amines) is 1. The Balaban J connectivity index is 1.97. The molecule has 23 heavy (non-hydrogen) atoms. The van der Waals surface area contributed by atoms with Gasteiger partial charge in [0.25, 0.3) is 0 Å². The first-order valence-electron chi connectivity index (χ1n) is 7.81. The second-order valence-corrected chi connectivity index (χ2v) is 6.27. The van der Waals surface area contributed by atoms with E-state index in [1.165, 1.54) is 6.21 Å². The van der Waals surface area contributed by atoms with Gasteiger partial charge >= 0.3 is 0 Å². The van der Waals surface area contributed by atoms with E-state index in [4.69, 9.17) is 17.0 Å². The Kier molecular flexibility index (Phi) is 6.16. The van der Waals surface area contributed by atoms with Crippen molar-refractivity contribution in [3.63, 3.8) is 0 Å². The molecule has 1 aromatic carbocycles. The van der Waals surface area contributed by atoms with E-state index in [1.807, 2.05) is 12.1 Å². The summed E-state index contributed by atoms with van der Waals surface area (Å²) in [5.41, 5.74) is 0.937. The standard InChI is InChI=1S/C17H22ClN3O2/c1-12(22)21-10-7-14(8-11-21)17(23)20-16(6-9-19)13-2-4-15(18)5-3-13/h2-5,9,14,16,19H,6-8,10-11H2,1H3,(H,20,23). The first-order valence-corrected chi connectivity index (χ1v) is 8.19. The van der Waals surface area contributed by atoms with Crippen molar-refractivity contribution in [3.8, 4) is 0 Å². The van der Waals surface area contributed by atoms with E-state index in [1.54, 1.807) is 24.0 Å². The highest BCUT2D eigenvalue weighted by molar-refractivity contribution is 6.30. The third-order valence-electron chi connectivity index (χ3n) is 4.25. The van der Waals surface area contributed by atoms with E-state index in [0.29, 0.717) is 37.4 Å². The highest BCUT2D eigenvalue weighted by Gasteiger charge is 2.27. The van der Waals surface area contributed by atoms with Crippen molar-refractivity contribution in [1.29, 1.82) is 5.41 Å². The van der Waals surface area contributed by atoms with Crippen LogP contribution in [-0.4, -0.2) is 36.0 Å². The molecule has 1 aliphatic rings. The fraction of sp³-hybridized carbons (Fsp3) is 0.471. The molecule has 124 valence electrons. The maximum Gasteiger partial charge on any atom is 0.223 e. The van der Waals surface area contributed by atoms with Crippen molar-refractivity contribution in [2.75, 3.05) is 13.1 Å². The summed E-state index contributed by atoms with van der Waals surface area (Å²) in [4.78, 5) is 25.6. The molecule has 0 saturated carbocycles. The molecule has 1 aromatic rings. The van der Waals surface area contributed by atoms with Gasteiger partial charge in [-0.15, -0.1) is 0 Å². The van der Waals surface area contributed by atoms with Crippen molar-refractivity contribution in [2.45, 2.75) is 32.2 Å². The minimum Gasteiger partial charge on any atom is -0.349 e. The van der Waals surface area contributed by atoms with Crippen molar-refractivity contribution in [1.82, 2.24) is 10.2 Å². The number of hydrogen-bond acceptors (Lipinski definition) is 3.